The van der Waals surface area contributed by atoms with Crippen molar-refractivity contribution >= 4 is 11.6 Å². The molecule has 6 nitrogen and oxygen atoms in total. The van der Waals surface area contributed by atoms with Gasteiger partial charge in [0, 0.05) is 5.56 Å². The van der Waals surface area contributed by atoms with Crippen molar-refractivity contribution in [1.82, 2.24) is 0 Å². The standard InChI is InChI=1S/C29H27NO5/c31-29(23-15-17-26(18-16-23)34-20-19-32-24-9-3-1-4-10-24)30-27-13-7-8-14-28(27)35-22-21-33-25-11-5-2-6-12-25/h1-18H,19-22H2,(H,30,31). The third-order valence-corrected chi connectivity index (χ3v) is 4.97. The summed E-state index contributed by atoms with van der Waals surface area (Å²) in [6.45, 7) is 1.57. The minimum Gasteiger partial charge on any atom is -0.490 e. The van der Waals surface area contributed by atoms with Crippen molar-refractivity contribution in [3.8, 4) is 23.0 Å². The van der Waals surface area contributed by atoms with Gasteiger partial charge in [-0.25, -0.2) is 0 Å². The van der Waals surface area contributed by atoms with E-state index >= 15 is 0 Å². The van der Waals surface area contributed by atoms with Gasteiger partial charge >= 0.3 is 0 Å². The first-order chi connectivity index (χ1) is 17.3. The average molecular weight is 470 g/mol. The second kappa shape index (κ2) is 12.7. The van der Waals surface area contributed by atoms with E-state index in [-0.39, 0.29) is 5.91 Å². The van der Waals surface area contributed by atoms with Crippen molar-refractivity contribution in [2.75, 3.05) is 31.7 Å². The van der Waals surface area contributed by atoms with Gasteiger partial charge in [-0.05, 0) is 60.7 Å². The Kier molecular flexibility index (Phi) is 8.60. The van der Waals surface area contributed by atoms with Crippen molar-refractivity contribution in [3.63, 3.8) is 0 Å². The smallest absolute Gasteiger partial charge is 0.255 e. The zero-order valence-corrected chi connectivity index (χ0v) is 19.3. The minimum atomic E-state index is -0.236. The Hall–Kier alpha value is -4.45. The lowest BCUT2D eigenvalue weighted by Gasteiger charge is -2.13. The first-order valence-electron chi connectivity index (χ1n) is 11.4. The van der Waals surface area contributed by atoms with Gasteiger partial charge in [-0.3, -0.25) is 4.79 Å². The number of carbonyl (C=O) groups excluding carboxylic acids is 1. The Labute approximate surface area is 205 Å². The van der Waals surface area contributed by atoms with E-state index in [1.54, 1.807) is 30.3 Å². The van der Waals surface area contributed by atoms with E-state index in [0.29, 0.717) is 49.2 Å². The monoisotopic (exact) mass is 469 g/mol. The lowest BCUT2D eigenvalue weighted by Crippen LogP contribution is -2.14. The van der Waals surface area contributed by atoms with Crippen LogP contribution in [-0.2, 0) is 0 Å². The van der Waals surface area contributed by atoms with Crippen LogP contribution in [0.3, 0.4) is 0 Å². The number of ether oxygens (including phenoxy) is 4. The summed E-state index contributed by atoms with van der Waals surface area (Å²) in [6.07, 6.45) is 0. The molecule has 0 fully saturated rings. The molecule has 1 N–H and O–H groups in total. The van der Waals surface area contributed by atoms with Crippen LogP contribution in [0, 0.1) is 0 Å². The topological polar surface area (TPSA) is 66.0 Å². The number of hydrogen-bond acceptors (Lipinski definition) is 5. The zero-order valence-electron chi connectivity index (χ0n) is 19.3. The highest BCUT2D eigenvalue weighted by molar-refractivity contribution is 6.05. The van der Waals surface area contributed by atoms with Gasteiger partial charge in [0.25, 0.3) is 5.91 Å². The fraction of sp³-hybridized carbons (Fsp3) is 0.138. The van der Waals surface area contributed by atoms with Crippen molar-refractivity contribution in [3.05, 3.63) is 115 Å². The second-order valence-corrected chi connectivity index (χ2v) is 7.49. The average Bonchev–Trinajstić information content (AvgIpc) is 2.91. The molecule has 0 atom stereocenters. The van der Waals surface area contributed by atoms with Crippen LogP contribution in [-0.4, -0.2) is 32.3 Å². The molecule has 4 rings (SSSR count). The highest BCUT2D eigenvalue weighted by Gasteiger charge is 2.10. The molecule has 4 aromatic rings. The maximum Gasteiger partial charge on any atom is 0.255 e. The van der Waals surface area contributed by atoms with Crippen LogP contribution in [0.15, 0.2) is 109 Å². The van der Waals surface area contributed by atoms with Crippen LogP contribution in [0.5, 0.6) is 23.0 Å². The van der Waals surface area contributed by atoms with Crippen molar-refractivity contribution in [2.24, 2.45) is 0 Å². The molecular formula is C29H27NO5. The summed E-state index contributed by atoms with van der Waals surface area (Å²) in [5.41, 5.74) is 1.11. The molecule has 0 aliphatic rings. The number of para-hydroxylation sites is 4. The lowest BCUT2D eigenvalue weighted by molar-refractivity contribution is 0.102. The number of hydrogen-bond donors (Lipinski definition) is 1. The number of rotatable bonds is 12. The molecule has 0 heterocycles. The molecule has 4 aromatic carbocycles. The molecular weight excluding hydrogens is 442 g/mol. The Morgan fingerprint density at radius 1 is 0.514 bits per heavy atom. The van der Waals surface area contributed by atoms with Crippen LogP contribution in [0.4, 0.5) is 5.69 Å². The predicted molar refractivity (Wildman–Crippen MR) is 136 cm³/mol. The second-order valence-electron chi connectivity index (χ2n) is 7.49. The van der Waals surface area contributed by atoms with Crippen LogP contribution in [0.25, 0.3) is 0 Å². The summed E-state index contributed by atoms with van der Waals surface area (Å²) < 4.78 is 22.8. The first-order valence-corrected chi connectivity index (χ1v) is 11.4. The number of nitrogens with one attached hydrogen (secondary N) is 1. The quantitative estimate of drug-likeness (QED) is 0.264. The highest BCUT2D eigenvalue weighted by Crippen LogP contribution is 2.25. The van der Waals surface area contributed by atoms with Gasteiger partial charge in [-0.2, -0.15) is 0 Å². The zero-order chi connectivity index (χ0) is 24.1. The third kappa shape index (κ3) is 7.54. The van der Waals surface area contributed by atoms with Gasteiger partial charge in [-0.1, -0.05) is 48.5 Å². The van der Waals surface area contributed by atoms with Crippen LogP contribution in [0.2, 0.25) is 0 Å². The normalized spacial score (nSPS) is 10.3. The molecule has 0 aliphatic heterocycles. The maximum atomic E-state index is 12.8. The van der Waals surface area contributed by atoms with Crippen LogP contribution in [0.1, 0.15) is 10.4 Å². The van der Waals surface area contributed by atoms with Crippen LogP contribution < -0.4 is 24.3 Å². The molecule has 1 amide bonds. The highest BCUT2D eigenvalue weighted by atomic mass is 16.5. The molecule has 0 unspecified atom stereocenters. The molecule has 0 saturated heterocycles. The molecule has 35 heavy (non-hydrogen) atoms. The Bertz CT molecular complexity index is 1180. The van der Waals surface area contributed by atoms with Gasteiger partial charge in [0.1, 0.15) is 49.4 Å². The molecule has 0 spiro atoms. The molecule has 0 radical (unpaired) electrons. The van der Waals surface area contributed by atoms with Crippen molar-refractivity contribution in [1.29, 1.82) is 0 Å². The summed E-state index contributed by atoms with van der Waals surface area (Å²) in [4.78, 5) is 12.8. The van der Waals surface area contributed by atoms with E-state index in [1.807, 2.05) is 78.9 Å². The summed E-state index contributed by atoms with van der Waals surface area (Å²) >= 11 is 0. The van der Waals surface area contributed by atoms with E-state index in [0.717, 1.165) is 11.5 Å². The van der Waals surface area contributed by atoms with Crippen molar-refractivity contribution < 1.29 is 23.7 Å². The fourth-order valence-corrected chi connectivity index (χ4v) is 3.26. The van der Waals surface area contributed by atoms with E-state index in [4.69, 9.17) is 18.9 Å². The number of anilines is 1. The molecule has 0 aliphatic carbocycles. The van der Waals surface area contributed by atoms with Gasteiger partial charge in [-0.15, -0.1) is 0 Å². The largest absolute Gasteiger partial charge is 0.490 e. The van der Waals surface area contributed by atoms with Gasteiger partial charge in [0.05, 0.1) is 5.69 Å². The third-order valence-electron chi connectivity index (χ3n) is 4.97. The summed E-state index contributed by atoms with van der Waals surface area (Å²) in [6, 6.07) is 33.4. The van der Waals surface area contributed by atoms with Gasteiger partial charge in [0.15, 0.2) is 0 Å². The first kappa shape index (κ1) is 23.7. The Balaban J connectivity index is 1.23. The SMILES string of the molecule is O=C(Nc1ccccc1OCCOc1ccccc1)c1ccc(OCCOc2ccccc2)cc1. The van der Waals surface area contributed by atoms with Crippen LogP contribution >= 0.6 is 0 Å². The maximum absolute atomic E-state index is 12.8. The Morgan fingerprint density at radius 3 is 1.54 bits per heavy atom. The molecule has 6 heteroatoms. The summed E-state index contributed by atoms with van der Waals surface area (Å²) in [7, 11) is 0. The van der Waals surface area contributed by atoms with Gasteiger partial charge < -0.3 is 24.3 Å². The molecule has 0 aromatic heterocycles. The number of amides is 1. The fourth-order valence-electron chi connectivity index (χ4n) is 3.26. The Morgan fingerprint density at radius 2 is 0.971 bits per heavy atom. The summed E-state index contributed by atoms with van der Waals surface area (Å²) in [5.74, 6) is 2.60. The van der Waals surface area contributed by atoms with E-state index in [2.05, 4.69) is 5.32 Å². The van der Waals surface area contributed by atoms with E-state index in [1.165, 1.54) is 0 Å². The number of carbonyl (C=O) groups is 1. The van der Waals surface area contributed by atoms with Gasteiger partial charge in [0.2, 0.25) is 0 Å². The molecule has 0 saturated carbocycles. The molecule has 178 valence electrons. The van der Waals surface area contributed by atoms with E-state index in [9.17, 15) is 4.79 Å². The van der Waals surface area contributed by atoms with Crippen molar-refractivity contribution in [2.45, 2.75) is 0 Å². The predicted octanol–water partition coefficient (Wildman–Crippen LogP) is 5.85. The lowest BCUT2D eigenvalue weighted by atomic mass is 10.2. The number of benzene rings is 4. The summed E-state index contributed by atoms with van der Waals surface area (Å²) in [5, 5.41) is 2.91. The minimum absolute atomic E-state index is 0.236. The van der Waals surface area contributed by atoms with E-state index < -0.39 is 0 Å². The molecule has 0 bridgehead atoms.